The van der Waals surface area contributed by atoms with Crippen LogP contribution in [0.1, 0.15) is 41.6 Å². The lowest BCUT2D eigenvalue weighted by molar-refractivity contribution is -0.136. The fourth-order valence-corrected chi connectivity index (χ4v) is 2.80. The SMILES string of the molecule is O=C(O)CCc1ccccc1C(=O)N1CCCC[C@H]1CO. The Morgan fingerprint density at radius 1 is 1.24 bits per heavy atom. The van der Waals surface area contributed by atoms with Crippen molar-refractivity contribution in [2.45, 2.75) is 38.1 Å². The number of hydrogen-bond donors (Lipinski definition) is 2. The molecule has 5 nitrogen and oxygen atoms in total. The van der Waals surface area contributed by atoms with Gasteiger partial charge in [-0.3, -0.25) is 9.59 Å². The Kier molecular flexibility index (Phi) is 5.33. The Bertz CT molecular complexity index is 515. The first-order chi connectivity index (χ1) is 10.1. The number of aryl methyl sites for hydroxylation is 1. The highest BCUT2D eigenvalue weighted by Gasteiger charge is 2.27. The summed E-state index contributed by atoms with van der Waals surface area (Å²) in [7, 11) is 0. The van der Waals surface area contributed by atoms with E-state index in [1.165, 1.54) is 0 Å². The number of piperidine rings is 1. The summed E-state index contributed by atoms with van der Waals surface area (Å²) in [6.45, 7) is 0.625. The number of nitrogens with zero attached hydrogens (tertiary/aromatic N) is 1. The molecule has 0 radical (unpaired) electrons. The Morgan fingerprint density at radius 3 is 2.71 bits per heavy atom. The first-order valence-corrected chi connectivity index (χ1v) is 7.35. The molecule has 2 N–H and O–H groups in total. The number of aliphatic hydroxyl groups excluding tert-OH is 1. The fraction of sp³-hybridized carbons (Fsp3) is 0.500. The molecule has 1 fully saturated rings. The van der Waals surface area contributed by atoms with Gasteiger partial charge in [-0.15, -0.1) is 0 Å². The van der Waals surface area contributed by atoms with E-state index in [0.717, 1.165) is 24.8 Å². The van der Waals surface area contributed by atoms with Crippen LogP contribution in [0.4, 0.5) is 0 Å². The number of carbonyl (C=O) groups is 2. The van der Waals surface area contributed by atoms with Gasteiger partial charge >= 0.3 is 5.97 Å². The average molecular weight is 291 g/mol. The molecule has 1 saturated heterocycles. The maximum absolute atomic E-state index is 12.7. The van der Waals surface area contributed by atoms with E-state index in [1.807, 2.05) is 6.07 Å². The molecule has 0 saturated carbocycles. The average Bonchev–Trinajstić information content (AvgIpc) is 2.52. The number of carboxylic acids is 1. The van der Waals surface area contributed by atoms with Gasteiger partial charge in [-0.2, -0.15) is 0 Å². The van der Waals surface area contributed by atoms with Crippen molar-refractivity contribution in [1.29, 1.82) is 0 Å². The summed E-state index contributed by atoms with van der Waals surface area (Å²) in [6, 6.07) is 7.01. The molecule has 5 heteroatoms. The van der Waals surface area contributed by atoms with Crippen molar-refractivity contribution in [3.05, 3.63) is 35.4 Å². The lowest BCUT2D eigenvalue weighted by Crippen LogP contribution is -2.45. The third-order valence-corrected chi connectivity index (χ3v) is 3.95. The summed E-state index contributed by atoms with van der Waals surface area (Å²) in [5.74, 6) is -0.974. The van der Waals surface area contributed by atoms with Crippen LogP contribution in [0.5, 0.6) is 0 Å². The topological polar surface area (TPSA) is 77.8 Å². The van der Waals surface area contributed by atoms with Crippen LogP contribution in [-0.2, 0) is 11.2 Å². The van der Waals surface area contributed by atoms with Crippen molar-refractivity contribution >= 4 is 11.9 Å². The second kappa shape index (κ2) is 7.22. The van der Waals surface area contributed by atoms with E-state index in [4.69, 9.17) is 5.11 Å². The molecule has 1 aromatic rings. The van der Waals surface area contributed by atoms with Crippen molar-refractivity contribution in [2.24, 2.45) is 0 Å². The van der Waals surface area contributed by atoms with Crippen molar-refractivity contribution < 1.29 is 19.8 Å². The minimum Gasteiger partial charge on any atom is -0.481 e. The van der Waals surface area contributed by atoms with Crippen molar-refractivity contribution in [2.75, 3.05) is 13.2 Å². The molecular formula is C16H21NO4. The Hall–Kier alpha value is -1.88. The van der Waals surface area contributed by atoms with E-state index in [1.54, 1.807) is 23.1 Å². The van der Waals surface area contributed by atoms with Crippen LogP contribution in [0.15, 0.2) is 24.3 Å². The maximum atomic E-state index is 12.7. The molecule has 1 amide bonds. The molecule has 0 aromatic heterocycles. The van der Waals surface area contributed by atoms with Gasteiger partial charge in [0, 0.05) is 18.5 Å². The van der Waals surface area contributed by atoms with E-state index < -0.39 is 5.97 Å². The van der Waals surface area contributed by atoms with Crippen molar-refractivity contribution in [1.82, 2.24) is 4.90 Å². The largest absolute Gasteiger partial charge is 0.481 e. The highest BCUT2D eigenvalue weighted by Crippen LogP contribution is 2.21. The molecule has 1 atom stereocenters. The minimum absolute atomic E-state index is 0.00766. The zero-order valence-corrected chi connectivity index (χ0v) is 12.0. The molecule has 114 valence electrons. The van der Waals surface area contributed by atoms with Crippen LogP contribution < -0.4 is 0 Å². The van der Waals surface area contributed by atoms with Crippen molar-refractivity contribution in [3.8, 4) is 0 Å². The summed E-state index contributed by atoms with van der Waals surface area (Å²) in [6.07, 6.45) is 3.14. The molecule has 0 aliphatic carbocycles. The summed E-state index contributed by atoms with van der Waals surface area (Å²) in [5.41, 5.74) is 1.31. The van der Waals surface area contributed by atoms with Gasteiger partial charge in [0.15, 0.2) is 0 Å². The van der Waals surface area contributed by atoms with Crippen LogP contribution in [0.25, 0.3) is 0 Å². The molecule has 0 unspecified atom stereocenters. The molecule has 1 heterocycles. The minimum atomic E-state index is -0.872. The van der Waals surface area contributed by atoms with Gasteiger partial charge in [-0.25, -0.2) is 0 Å². The van der Waals surface area contributed by atoms with Gasteiger partial charge in [-0.05, 0) is 37.3 Å². The molecule has 2 rings (SSSR count). The Labute approximate surface area is 124 Å². The molecule has 1 aromatic carbocycles. The second-order valence-electron chi connectivity index (χ2n) is 5.38. The third-order valence-electron chi connectivity index (χ3n) is 3.95. The van der Waals surface area contributed by atoms with Gasteiger partial charge in [0.1, 0.15) is 0 Å². The van der Waals surface area contributed by atoms with E-state index in [2.05, 4.69) is 0 Å². The Balaban J connectivity index is 2.19. The normalized spacial score (nSPS) is 18.5. The standard InChI is InChI=1S/C16H21NO4/c18-11-13-6-3-4-10-17(13)16(21)14-7-2-1-5-12(14)8-9-15(19)20/h1-2,5,7,13,18H,3-4,6,8-11H2,(H,19,20)/t13-/m0/s1. The number of amides is 1. The van der Waals surface area contributed by atoms with Crippen molar-refractivity contribution in [3.63, 3.8) is 0 Å². The fourth-order valence-electron chi connectivity index (χ4n) is 2.80. The van der Waals surface area contributed by atoms with E-state index in [-0.39, 0.29) is 25.0 Å². The van der Waals surface area contributed by atoms with Crippen LogP contribution in [0, 0.1) is 0 Å². The summed E-state index contributed by atoms with van der Waals surface area (Å²) < 4.78 is 0. The number of likely N-dealkylation sites (tertiary alicyclic amines) is 1. The molecule has 1 aliphatic heterocycles. The highest BCUT2D eigenvalue weighted by atomic mass is 16.4. The van der Waals surface area contributed by atoms with Crippen LogP contribution >= 0.6 is 0 Å². The number of hydrogen-bond acceptors (Lipinski definition) is 3. The number of aliphatic hydroxyl groups is 1. The van der Waals surface area contributed by atoms with Gasteiger partial charge in [0.2, 0.25) is 0 Å². The predicted octanol–water partition coefficient (Wildman–Crippen LogP) is 1.69. The first-order valence-electron chi connectivity index (χ1n) is 7.35. The molecular weight excluding hydrogens is 270 g/mol. The Morgan fingerprint density at radius 2 is 2.00 bits per heavy atom. The molecule has 0 bridgehead atoms. The van der Waals surface area contributed by atoms with Crippen LogP contribution in [0.2, 0.25) is 0 Å². The van der Waals surface area contributed by atoms with Crippen LogP contribution in [-0.4, -0.2) is 46.2 Å². The number of rotatable bonds is 5. The van der Waals surface area contributed by atoms with E-state index in [0.29, 0.717) is 18.5 Å². The van der Waals surface area contributed by atoms with Crippen LogP contribution in [0.3, 0.4) is 0 Å². The third kappa shape index (κ3) is 3.82. The maximum Gasteiger partial charge on any atom is 0.303 e. The molecule has 21 heavy (non-hydrogen) atoms. The van der Waals surface area contributed by atoms with Gasteiger partial charge in [-0.1, -0.05) is 18.2 Å². The zero-order valence-electron chi connectivity index (χ0n) is 12.0. The predicted molar refractivity (Wildman–Crippen MR) is 78.2 cm³/mol. The lowest BCUT2D eigenvalue weighted by Gasteiger charge is -2.35. The zero-order chi connectivity index (χ0) is 15.2. The monoisotopic (exact) mass is 291 g/mol. The molecule has 1 aliphatic rings. The van der Waals surface area contributed by atoms with Gasteiger partial charge < -0.3 is 15.1 Å². The lowest BCUT2D eigenvalue weighted by atomic mass is 9.98. The first kappa shape index (κ1) is 15.5. The summed E-state index contributed by atoms with van der Waals surface area (Å²) in [5, 5.41) is 18.2. The smallest absolute Gasteiger partial charge is 0.303 e. The van der Waals surface area contributed by atoms with Gasteiger partial charge in [0.05, 0.1) is 12.6 Å². The second-order valence-corrected chi connectivity index (χ2v) is 5.38. The highest BCUT2D eigenvalue weighted by molar-refractivity contribution is 5.96. The quantitative estimate of drug-likeness (QED) is 0.865. The molecule has 0 spiro atoms. The number of carboxylic acid groups (broad SMARTS) is 1. The van der Waals surface area contributed by atoms with E-state index in [9.17, 15) is 14.7 Å². The number of carbonyl (C=O) groups excluding carboxylic acids is 1. The number of aliphatic carboxylic acids is 1. The summed E-state index contributed by atoms with van der Waals surface area (Å²) >= 11 is 0. The summed E-state index contributed by atoms with van der Waals surface area (Å²) in [4.78, 5) is 25.2. The van der Waals surface area contributed by atoms with E-state index >= 15 is 0 Å². The van der Waals surface area contributed by atoms with Gasteiger partial charge in [0.25, 0.3) is 5.91 Å². The number of benzene rings is 1.